The van der Waals surface area contributed by atoms with Crippen LogP contribution in [-0.4, -0.2) is 66.1 Å². The van der Waals surface area contributed by atoms with Crippen LogP contribution in [0.15, 0.2) is 54.2 Å². The molecule has 0 spiro atoms. The van der Waals surface area contributed by atoms with Crippen molar-refractivity contribution >= 4 is 34.7 Å². The Kier molecular flexibility index (Phi) is 5.90. The number of nitrogens with zero attached hydrogens (tertiary/aromatic N) is 3. The van der Waals surface area contributed by atoms with Crippen molar-refractivity contribution in [2.75, 3.05) is 44.2 Å². The second kappa shape index (κ2) is 8.60. The number of carbonyl (C=O) groups is 2. The molecular formula is C23H24ClN3O3. The predicted octanol–water partition coefficient (Wildman–Crippen LogP) is 2.54. The number of rotatable bonds is 5. The number of aliphatic hydroxyl groups is 1. The normalized spacial score (nSPS) is 18.0. The van der Waals surface area contributed by atoms with Crippen LogP contribution in [0.3, 0.4) is 0 Å². The summed E-state index contributed by atoms with van der Waals surface area (Å²) in [6.45, 7) is 5.30. The van der Waals surface area contributed by atoms with Crippen LogP contribution in [0.4, 0.5) is 5.69 Å². The number of aryl methyl sites for hydroxylation is 1. The monoisotopic (exact) mass is 425 g/mol. The number of piperazine rings is 1. The quantitative estimate of drug-likeness (QED) is 0.746. The molecule has 2 aliphatic rings. The molecule has 2 aromatic rings. The minimum Gasteiger partial charge on any atom is -0.395 e. The molecule has 0 radical (unpaired) electrons. The van der Waals surface area contributed by atoms with Crippen LogP contribution in [0.25, 0.3) is 5.57 Å². The number of hydrogen-bond acceptors (Lipinski definition) is 5. The van der Waals surface area contributed by atoms with E-state index in [-0.39, 0.29) is 18.4 Å². The summed E-state index contributed by atoms with van der Waals surface area (Å²) in [4.78, 5) is 32.5. The molecular weight excluding hydrogens is 402 g/mol. The van der Waals surface area contributed by atoms with Gasteiger partial charge in [-0.3, -0.25) is 14.5 Å². The molecule has 30 heavy (non-hydrogen) atoms. The second-order valence-electron chi connectivity index (χ2n) is 7.51. The van der Waals surface area contributed by atoms with E-state index in [0.29, 0.717) is 47.2 Å². The summed E-state index contributed by atoms with van der Waals surface area (Å²) < 4.78 is 0. The van der Waals surface area contributed by atoms with Gasteiger partial charge in [0.15, 0.2) is 0 Å². The Balaban J connectivity index is 1.75. The van der Waals surface area contributed by atoms with E-state index in [0.717, 1.165) is 18.7 Å². The van der Waals surface area contributed by atoms with Gasteiger partial charge >= 0.3 is 0 Å². The number of para-hydroxylation sites is 1. The van der Waals surface area contributed by atoms with Gasteiger partial charge in [-0.2, -0.15) is 0 Å². The van der Waals surface area contributed by atoms with E-state index in [1.807, 2.05) is 30.0 Å². The summed E-state index contributed by atoms with van der Waals surface area (Å²) in [6.07, 6.45) is 0. The molecule has 1 fully saturated rings. The SMILES string of the molecule is Cc1ccccc1N1C(=O)C(c2ccc(Cl)cc2)=C(N2CCN(CCO)CC2)C1=O. The first-order chi connectivity index (χ1) is 14.5. The summed E-state index contributed by atoms with van der Waals surface area (Å²) in [6, 6.07) is 14.4. The summed E-state index contributed by atoms with van der Waals surface area (Å²) in [5.74, 6) is -0.612. The lowest BCUT2D eigenvalue weighted by atomic mass is 10.0. The Morgan fingerprint density at radius 2 is 1.60 bits per heavy atom. The molecule has 0 atom stereocenters. The average molecular weight is 426 g/mol. The van der Waals surface area contributed by atoms with Crippen molar-refractivity contribution in [1.82, 2.24) is 9.80 Å². The van der Waals surface area contributed by atoms with Crippen LogP contribution in [0, 0.1) is 6.92 Å². The van der Waals surface area contributed by atoms with Crippen LogP contribution in [-0.2, 0) is 9.59 Å². The van der Waals surface area contributed by atoms with Crippen LogP contribution >= 0.6 is 11.6 Å². The minimum atomic E-state index is -0.315. The summed E-state index contributed by atoms with van der Waals surface area (Å²) in [7, 11) is 0. The number of benzene rings is 2. The maximum atomic E-state index is 13.6. The lowest BCUT2D eigenvalue weighted by Gasteiger charge is -2.36. The molecule has 2 amide bonds. The molecule has 2 aliphatic heterocycles. The molecule has 6 nitrogen and oxygen atoms in total. The fourth-order valence-electron chi connectivity index (χ4n) is 4.06. The number of aliphatic hydroxyl groups excluding tert-OH is 1. The van der Waals surface area contributed by atoms with E-state index in [9.17, 15) is 14.7 Å². The third-order valence-electron chi connectivity index (χ3n) is 5.65. The standard InChI is InChI=1S/C23H24ClN3O3/c1-16-4-2-3-5-19(16)27-22(29)20(17-6-8-18(24)9-7-17)21(23(27)30)26-12-10-25(11-13-26)14-15-28/h2-9,28H,10-15H2,1H3. The fraction of sp³-hybridized carbons (Fsp3) is 0.304. The van der Waals surface area contributed by atoms with Gasteiger partial charge in [0.2, 0.25) is 0 Å². The van der Waals surface area contributed by atoms with Gasteiger partial charge in [0.25, 0.3) is 11.8 Å². The minimum absolute atomic E-state index is 0.108. The van der Waals surface area contributed by atoms with E-state index < -0.39 is 0 Å². The maximum absolute atomic E-state index is 13.6. The second-order valence-corrected chi connectivity index (χ2v) is 7.95. The van der Waals surface area contributed by atoms with Crippen molar-refractivity contribution in [3.63, 3.8) is 0 Å². The number of carbonyl (C=O) groups excluding carboxylic acids is 2. The molecule has 7 heteroatoms. The van der Waals surface area contributed by atoms with Crippen LogP contribution in [0.2, 0.25) is 5.02 Å². The van der Waals surface area contributed by atoms with Gasteiger partial charge in [0.1, 0.15) is 5.70 Å². The highest BCUT2D eigenvalue weighted by Gasteiger charge is 2.43. The molecule has 0 aromatic heterocycles. The van der Waals surface area contributed by atoms with Gasteiger partial charge in [-0.15, -0.1) is 0 Å². The number of β-amino-alcohol motifs (C(OH)–C–C–N with tert-alkyl or cyclic N) is 1. The Hall–Kier alpha value is -2.67. The topological polar surface area (TPSA) is 64.1 Å². The molecule has 4 rings (SSSR count). The van der Waals surface area contributed by atoms with Gasteiger partial charge in [-0.05, 0) is 36.2 Å². The maximum Gasteiger partial charge on any atom is 0.282 e. The first-order valence-corrected chi connectivity index (χ1v) is 10.4. The van der Waals surface area contributed by atoms with Gasteiger partial charge in [0.05, 0.1) is 17.9 Å². The molecule has 2 heterocycles. The highest BCUT2D eigenvalue weighted by Crippen LogP contribution is 2.36. The van der Waals surface area contributed by atoms with Crippen molar-refractivity contribution in [2.45, 2.75) is 6.92 Å². The zero-order valence-electron chi connectivity index (χ0n) is 16.8. The Morgan fingerprint density at radius 3 is 2.23 bits per heavy atom. The van der Waals surface area contributed by atoms with E-state index in [1.165, 1.54) is 4.90 Å². The zero-order valence-corrected chi connectivity index (χ0v) is 17.6. The predicted molar refractivity (Wildman–Crippen MR) is 117 cm³/mol. The molecule has 1 saturated heterocycles. The fourth-order valence-corrected chi connectivity index (χ4v) is 4.18. The van der Waals surface area contributed by atoms with Crippen molar-refractivity contribution in [1.29, 1.82) is 0 Å². The Bertz CT molecular complexity index is 995. The van der Waals surface area contributed by atoms with Gasteiger partial charge < -0.3 is 10.0 Å². The van der Waals surface area contributed by atoms with Crippen LogP contribution < -0.4 is 4.90 Å². The number of amides is 2. The largest absolute Gasteiger partial charge is 0.395 e. The molecule has 0 saturated carbocycles. The first kappa shape index (κ1) is 20.6. The van der Waals surface area contributed by atoms with Crippen molar-refractivity contribution in [3.05, 3.63) is 70.4 Å². The lowest BCUT2D eigenvalue weighted by Crippen LogP contribution is -2.48. The van der Waals surface area contributed by atoms with E-state index in [4.69, 9.17) is 11.6 Å². The van der Waals surface area contributed by atoms with Crippen molar-refractivity contribution in [3.8, 4) is 0 Å². The molecule has 0 unspecified atom stereocenters. The highest BCUT2D eigenvalue weighted by atomic mass is 35.5. The third kappa shape index (κ3) is 3.74. The molecule has 1 N–H and O–H groups in total. The number of anilines is 1. The zero-order chi connectivity index (χ0) is 21.3. The van der Waals surface area contributed by atoms with Gasteiger partial charge in [-0.1, -0.05) is 41.9 Å². The van der Waals surface area contributed by atoms with Crippen LogP contribution in [0.5, 0.6) is 0 Å². The summed E-state index contributed by atoms with van der Waals surface area (Å²) >= 11 is 6.04. The summed E-state index contributed by atoms with van der Waals surface area (Å²) in [5.41, 5.74) is 3.00. The summed E-state index contributed by atoms with van der Waals surface area (Å²) in [5, 5.41) is 9.77. The Labute approximate surface area is 181 Å². The number of imide groups is 1. The van der Waals surface area contributed by atoms with Crippen LogP contribution in [0.1, 0.15) is 11.1 Å². The molecule has 0 bridgehead atoms. The average Bonchev–Trinajstić information content (AvgIpc) is 3.00. The van der Waals surface area contributed by atoms with E-state index in [1.54, 1.807) is 30.3 Å². The van der Waals surface area contributed by atoms with Gasteiger partial charge in [-0.25, -0.2) is 4.90 Å². The number of hydrogen-bond donors (Lipinski definition) is 1. The van der Waals surface area contributed by atoms with E-state index in [2.05, 4.69) is 4.90 Å². The van der Waals surface area contributed by atoms with Gasteiger partial charge in [0, 0.05) is 37.7 Å². The smallest absolute Gasteiger partial charge is 0.282 e. The third-order valence-corrected chi connectivity index (χ3v) is 5.91. The van der Waals surface area contributed by atoms with Crippen molar-refractivity contribution < 1.29 is 14.7 Å². The highest BCUT2D eigenvalue weighted by molar-refractivity contribution is 6.45. The van der Waals surface area contributed by atoms with Crippen molar-refractivity contribution in [2.24, 2.45) is 0 Å². The molecule has 0 aliphatic carbocycles. The molecule has 2 aromatic carbocycles. The van der Waals surface area contributed by atoms with E-state index >= 15 is 0 Å². The number of halogens is 1. The first-order valence-electron chi connectivity index (χ1n) is 10.0. The lowest BCUT2D eigenvalue weighted by molar-refractivity contribution is -0.120. The Morgan fingerprint density at radius 1 is 0.933 bits per heavy atom. The molecule has 156 valence electrons.